The predicted molar refractivity (Wildman–Crippen MR) is 107 cm³/mol. The highest BCUT2D eigenvalue weighted by Gasteiger charge is 2.27. The van der Waals surface area contributed by atoms with Crippen LogP contribution in [0.3, 0.4) is 0 Å². The van der Waals surface area contributed by atoms with Crippen molar-refractivity contribution in [1.29, 1.82) is 0 Å². The Morgan fingerprint density at radius 1 is 1.19 bits per heavy atom. The second-order valence-corrected chi connectivity index (χ2v) is 8.28. The van der Waals surface area contributed by atoms with Gasteiger partial charge in [0.2, 0.25) is 0 Å². The number of hydrogen-bond donors (Lipinski definition) is 0. The molecule has 1 fully saturated rings. The minimum atomic E-state index is -0.471. The largest absolute Gasteiger partial charge is 0.297 e. The van der Waals surface area contributed by atoms with Gasteiger partial charge in [-0.15, -0.1) is 11.3 Å². The summed E-state index contributed by atoms with van der Waals surface area (Å²) < 4.78 is 1.56. The molecule has 27 heavy (non-hydrogen) atoms. The highest BCUT2D eigenvalue weighted by Crippen LogP contribution is 2.31. The molecule has 140 valence electrons. The molecule has 5 nitrogen and oxygen atoms in total. The average Bonchev–Trinajstić information content (AvgIpc) is 3.21. The van der Waals surface area contributed by atoms with Crippen LogP contribution in [0.4, 0.5) is 0 Å². The normalized spacial score (nSPS) is 16.4. The van der Waals surface area contributed by atoms with Crippen LogP contribution >= 0.6 is 11.3 Å². The Morgan fingerprint density at radius 3 is 2.78 bits per heavy atom. The van der Waals surface area contributed by atoms with E-state index in [9.17, 15) is 9.59 Å². The number of rotatable bonds is 6. The highest BCUT2D eigenvalue weighted by atomic mass is 32.1. The molecule has 0 bridgehead atoms. The molecule has 4 rings (SSSR count). The minimum absolute atomic E-state index is 0.0507. The van der Waals surface area contributed by atoms with Crippen LogP contribution < -0.4 is 5.56 Å². The third-order valence-corrected chi connectivity index (χ3v) is 6.27. The number of thiazole rings is 1. The lowest BCUT2D eigenvalue weighted by molar-refractivity contribution is -0.122. The molecule has 0 spiro atoms. The number of Topliss-reactive ketones (excluding diaryl/α,β-unsaturated/α-hetero) is 1. The molecule has 0 unspecified atom stereocenters. The summed E-state index contributed by atoms with van der Waals surface area (Å²) in [6.45, 7) is 0. The maximum Gasteiger partial charge on any atom is 0.261 e. The Balaban J connectivity index is 1.69. The third kappa shape index (κ3) is 4.00. The molecule has 6 heteroatoms. The summed E-state index contributed by atoms with van der Waals surface area (Å²) >= 11 is 1.48. The fraction of sp³-hybridized carbons (Fsp3) is 0.429. The molecule has 3 aromatic rings. The quantitative estimate of drug-likeness (QED) is 0.643. The second kappa shape index (κ2) is 8.13. The molecule has 1 atom stereocenters. The molecule has 0 aliphatic heterocycles. The van der Waals surface area contributed by atoms with Crippen molar-refractivity contribution in [2.24, 2.45) is 5.92 Å². The molecule has 0 amide bonds. The van der Waals surface area contributed by atoms with Crippen molar-refractivity contribution >= 4 is 28.0 Å². The first-order valence-electron chi connectivity index (χ1n) is 9.59. The Hall–Kier alpha value is -2.34. The standard InChI is InChI=1S/C21H23N3O2S/c25-19(13-20-22-10-11-27-20)18(12-15-6-2-1-3-7-15)24-14-23-17-9-5-4-8-16(17)21(24)26/h4-5,8-11,14-15,18H,1-3,6-7,12-13H2/t18-/m0/s1. The smallest absolute Gasteiger partial charge is 0.261 e. The van der Waals surface area contributed by atoms with Gasteiger partial charge in [0.05, 0.1) is 34.7 Å². The van der Waals surface area contributed by atoms with E-state index in [-0.39, 0.29) is 17.8 Å². The summed E-state index contributed by atoms with van der Waals surface area (Å²) in [5, 5.41) is 3.24. The summed E-state index contributed by atoms with van der Waals surface area (Å²) in [5.74, 6) is 0.539. The molecule has 1 saturated carbocycles. The Morgan fingerprint density at radius 2 is 2.00 bits per heavy atom. The van der Waals surface area contributed by atoms with Crippen molar-refractivity contribution in [2.75, 3.05) is 0 Å². The lowest BCUT2D eigenvalue weighted by Gasteiger charge is -2.27. The number of para-hydroxylation sites is 1. The third-order valence-electron chi connectivity index (χ3n) is 5.49. The van der Waals surface area contributed by atoms with E-state index in [4.69, 9.17) is 0 Å². The second-order valence-electron chi connectivity index (χ2n) is 7.30. The van der Waals surface area contributed by atoms with Gasteiger partial charge < -0.3 is 0 Å². The first-order valence-corrected chi connectivity index (χ1v) is 10.5. The lowest BCUT2D eigenvalue weighted by Crippen LogP contribution is -2.33. The molecule has 0 N–H and O–H groups in total. The Bertz CT molecular complexity index is 975. The molecular formula is C21H23N3O2S. The van der Waals surface area contributed by atoms with Crippen LogP contribution in [0.1, 0.15) is 49.6 Å². The molecule has 1 aliphatic rings. The van der Waals surface area contributed by atoms with E-state index >= 15 is 0 Å². The maximum absolute atomic E-state index is 13.2. The van der Waals surface area contributed by atoms with Gasteiger partial charge in [-0.3, -0.25) is 14.2 Å². The van der Waals surface area contributed by atoms with E-state index in [1.807, 2.05) is 23.6 Å². The van der Waals surface area contributed by atoms with Crippen molar-refractivity contribution in [2.45, 2.75) is 51.0 Å². The predicted octanol–water partition coefficient (Wildman–Crippen LogP) is 4.18. The molecule has 1 aliphatic carbocycles. The monoisotopic (exact) mass is 381 g/mol. The highest BCUT2D eigenvalue weighted by molar-refractivity contribution is 7.09. The van der Waals surface area contributed by atoms with Crippen LogP contribution in [-0.2, 0) is 11.2 Å². The minimum Gasteiger partial charge on any atom is -0.297 e. The zero-order chi connectivity index (χ0) is 18.6. The zero-order valence-electron chi connectivity index (χ0n) is 15.2. The molecule has 1 aromatic carbocycles. The van der Waals surface area contributed by atoms with Crippen LogP contribution in [0.5, 0.6) is 0 Å². The molecule has 2 heterocycles. The van der Waals surface area contributed by atoms with Gasteiger partial charge in [-0.05, 0) is 24.5 Å². The van der Waals surface area contributed by atoms with Gasteiger partial charge in [0.25, 0.3) is 5.56 Å². The van der Waals surface area contributed by atoms with Crippen LogP contribution in [-0.4, -0.2) is 20.3 Å². The lowest BCUT2D eigenvalue weighted by atomic mass is 9.83. The van der Waals surface area contributed by atoms with E-state index in [0.29, 0.717) is 23.2 Å². The van der Waals surface area contributed by atoms with E-state index < -0.39 is 6.04 Å². The van der Waals surface area contributed by atoms with E-state index in [1.54, 1.807) is 23.2 Å². The summed E-state index contributed by atoms with van der Waals surface area (Å²) in [7, 11) is 0. The van der Waals surface area contributed by atoms with Crippen LogP contribution in [0.25, 0.3) is 10.9 Å². The van der Waals surface area contributed by atoms with Gasteiger partial charge in [-0.1, -0.05) is 44.2 Å². The van der Waals surface area contributed by atoms with Gasteiger partial charge in [0.15, 0.2) is 5.78 Å². The topological polar surface area (TPSA) is 64.8 Å². The molecular weight excluding hydrogens is 358 g/mol. The number of fused-ring (bicyclic) bond motifs is 1. The SMILES string of the molecule is O=C(Cc1nccs1)[C@H](CC1CCCCC1)n1cnc2ccccc2c1=O. The van der Waals surface area contributed by atoms with Crippen molar-refractivity contribution in [3.05, 3.63) is 57.5 Å². The van der Waals surface area contributed by atoms with Crippen LogP contribution in [0, 0.1) is 5.92 Å². The van der Waals surface area contributed by atoms with E-state index in [1.165, 1.54) is 30.6 Å². The molecule has 0 radical (unpaired) electrons. The van der Waals surface area contributed by atoms with Gasteiger partial charge in [0, 0.05) is 11.6 Å². The number of benzene rings is 1. The van der Waals surface area contributed by atoms with Gasteiger partial charge in [0.1, 0.15) is 0 Å². The summed E-state index contributed by atoms with van der Waals surface area (Å²) in [6, 6.07) is 6.84. The summed E-state index contributed by atoms with van der Waals surface area (Å²) in [5.41, 5.74) is 0.538. The number of nitrogens with zero attached hydrogens (tertiary/aromatic N) is 3. The molecule has 2 aromatic heterocycles. The van der Waals surface area contributed by atoms with Crippen molar-refractivity contribution in [3.63, 3.8) is 0 Å². The van der Waals surface area contributed by atoms with E-state index in [2.05, 4.69) is 9.97 Å². The number of aromatic nitrogens is 3. The first kappa shape index (κ1) is 18.0. The van der Waals surface area contributed by atoms with Crippen molar-refractivity contribution in [1.82, 2.24) is 14.5 Å². The average molecular weight is 382 g/mol. The Labute approximate surface area is 162 Å². The maximum atomic E-state index is 13.2. The fourth-order valence-corrected chi connectivity index (χ4v) is 4.68. The zero-order valence-corrected chi connectivity index (χ0v) is 16.0. The number of ketones is 1. The molecule has 0 saturated heterocycles. The first-order chi connectivity index (χ1) is 13.2. The van der Waals surface area contributed by atoms with Crippen LogP contribution in [0.15, 0.2) is 47.0 Å². The van der Waals surface area contributed by atoms with Gasteiger partial charge >= 0.3 is 0 Å². The fourth-order valence-electron chi connectivity index (χ4n) is 4.05. The van der Waals surface area contributed by atoms with Crippen molar-refractivity contribution < 1.29 is 4.79 Å². The number of carbonyl (C=O) groups is 1. The number of carbonyl (C=O) groups excluding carboxylic acids is 1. The summed E-state index contributed by atoms with van der Waals surface area (Å²) in [6.07, 6.45) is 10.2. The number of hydrogen-bond acceptors (Lipinski definition) is 5. The van der Waals surface area contributed by atoms with Crippen LogP contribution in [0.2, 0.25) is 0 Å². The van der Waals surface area contributed by atoms with Crippen molar-refractivity contribution in [3.8, 4) is 0 Å². The van der Waals surface area contributed by atoms with Gasteiger partial charge in [-0.25, -0.2) is 9.97 Å². The van der Waals surface area contributed by atoms with Gasteiger partial charge in [-0.2, -0.15) is 0 Å². The Kier molecular flexibility index (Phi) is 5.43. The van der Waals surface area contributed by atoms with E-state index in [0.717, 1.165) is 17.8 Å². The summed E-state index contributed by atoms with van der Waals surface area (Å²) in [4.78, 5) is 34.9.